The first kappa shape index (κ1) is 13.9. The Bertz CT molecular complexity index is 393. The SMILES string of the molecule is Cc1csc(CN2CCN(C3CCSCC3)CC2)n1. The first-order valence-electron chi connectivity index (χ1n) is 7.26. The van der Waals surface area contributed by atoms with Gasteiger partial charge in [0.2, 0.25) is 0 Å². The number of piperazine rings is 1. The summed E-state index contributed by atoms with van der Waals surface area (Å²) in [5.41, 5.74) is 1.17. The van der Waals surface area contributed by atoms with Gasteiger partial charge in [-0.25, -0.2) is 4.98 Å². The summed E-state index contributed by atoms with van der Waals surface area (Å²) in [5, 5.41) is 3.44. The summed E-state index contributed by atoms with van der Waals surface area (Å²) in [4.78, 5) is 9.86. The van der Waals surface area contributed by atoms with Crippen molar-refractivity contribution in [3.8, 4) is 0 Å². The molecule has 1 aromatic heterocycles. The summed E-state index contributed by atoms with van der Waals surface area (Å²) in [6.07, 6.45) is 2.80. The molecule has 0 aromatic carbocycles. The molecule has 0 saturated carbocycles. The van der Waals surface area contributed by atoms with Crippen molar-refractivity contribution in [3.63, 3.8) is 0 Å². The van der Waals surface area contributed by atoms with Crippen LogP contribution < -0.4 is 0 Å². The molecule has 0 unspecified atom stereocenters. The third-order valence-corrected chi connectivity index (χ3v) is 6.14. The minimum absolute atomic E-state index is 0.866. The predicted molar refractivity (Wildman–Crippen MR) is 84.0 cm³/mol. The van der Waals surface area contributed by atoms with Crippen molar-refractivity contribution in [2.75, 3.05) is 37.7 Å². The smallest absolute Gasteiger partial charge is 0.107 e. The van der Waals surface area contributed by atoms with E-state index < -0.39 is 0 Å². The van der Waals surface area contributed by atoms with Gasteiger partial charge in [0.05, 0.1) is 6.54 Å². The average Bonchev–Trinajstić information content (AvgIpc) is 2.86. The number of aryl methyl sites for hydroxylation is 1. The van der Waals surface area contributed by atoms with Gasteiger partial charge in [-0.2, -0.15) is 11.8 Å². The number of hydrogen-bond donors (Lipinski definition) is 0. The minimum Gasteiger partial charge on any atom is -0.298 e. The van der Waals surface area contributed by atoms with E-state index >= 15 is 0 Å². The zero-order valence-electron chi connectivity index (χ0n) is 11.7. The monoisotopic (exact) mass is 297 g/mol. The van der Waals surface area contributed by atoms with Gasteiger partial charge in [-0.1, -0.05) is 0 Å². The molecule has 3 nitrogen and oxygen atoms in total. The van der Waals surface area contributed by atoms with Gasteiger partial charge >= 0.3 is 0 Å². The predicted octanol–water partition coefficient (Wildman–Crippen LogP) is 2.46. The maximum atomic E-state index is 4.57. The molecule has 2 fully saturated rings. The van der Waals surface area contributed by atoms with Gasteiger partial charge in [0.15, 0.2) is 0 Å². The Balaban J connectivity index is 1.46. The van der Waals surface area contributed by atoms with E-state index in [4.69, 9.17) is 0 Å². The van der Waals surface area contributed by atoms with E-state index in [1.165, 1.54) is 61.2 Å². The van der Waals surface area contributed by atoms with Crippen molar-refractivity contribution in [3.05, 3.63) is 16.1 Å². The van der Waals surface area contributed by atoms with E-state index in [2.05, 4.69) is 38.8 Å². The van der Waals surface area contributed by atoms with Gasteiger partial charge in [-0.15, -0.1) is 11.3 Å². The molecule has 0 amide bonds. The molecule has 0 N–H and O–H groups in total. The zero-order valence-corrected chi connectivity index (χ0v) is 13.3. The molecule has 0 radical (unpaired) electrons. The number of rotatable bonds is 3. The van der Waals surface area contributed by atoms with E-state index in [-0.39, 0.29) is 0 Å². The van der Waals surface area contributed by atoms with Crippen LogP contribution in [0.25, 0.3) is 0 Å². The quantitative estimate of drug-likeness (QED) is 0.853. The van der Waals surface area contributed by atoms with Gasteiger partial charge in [-0.05, 0) is 31.3 Å². The largest absolute Gasteiger partial charge is 0.298 e. The molecule has 0 aliphatic carbocycles. The molecule has 0 bridgehead atoms. The number of thioether (sulfide) groups is 1. The van der Waals surface area contributed by atoms with E-state index in [0.717, 1.165) is 12.6 Å². The second-order valence-electron chi connectivity index (χ2n) is 5.54. The van der Waals surface area contributed by atoms with Crippen molar-refractivity contribution in [1.29, 1.82) is 0 Å². The number of thiazole rings is 1. The highest BCUT2D eigenvalue weighted by molar-refractivity contribution is 7.99. The van der Waals surface area contributed by atoms with Gasteiger partial charge < -0.3 is 0 Å². The summed E-state index contributed by atoms with van der Waals surface area (Å²) in [6.45, 7) is 8.05. The lowest BCUT2D eigenvalue weighted by atomic mass is 10.1. The van der Waals surface area contributed by atoms with Crippen molar-refractivity contribution in [1.82, 2.24) is 14.8 Å². The number of hydrogen-bond acceptors (Lipinski definition) is 5. The summed E-state index contributed by atoms with van der Waals surface area (Å²) >= 11 is 3.93. The highest BCUT2D eigenvalue weighted by atomic mass is 32.2. The molecule has 5 heteroatoms. The van der Waals surface area contributed by atoms with Crippen LogP contribution in [0, 0.1) is 6.92 Å². The minimum atomic E-state index is 0.866. The molecule has 0 spiro atoms. The first-order chi connectivity index (χ1) is 9.31. The molecule has 106 valence electrons. The second-order valence-corrected chi connectivity index (χ2v) is 7.71. The molecule has 1 aromatic rings. The van der Waals surface area contributed by atoms with E-state index in [1.54, 1.807) is 11.3 Å². The Morgan fingerprint density at radius 1 is 1.21 bits per heavy atom. The topological polar surface area (TPSA) is 19.4 Å². The molecular formula is C14H23N3S2. The van der Waals surface area contributed by atoms with Gasteiger partial charge in [0, 0.05) is 43.3 Å². The molecular weight excluding hydrogens is 274 g/mol. The van der Waals surface area contributed by atoms with Crippen molar-refractivity contribution in [2.45, 2.75) is 32.4 Å². The Labute approximate surface area is 124 Å². The standard InChI is InChI=1S/C14H23N3S2/c1-12-11-19-14(15-12)10-16-4-6-17(7-5-16)13-2-8-18-9-3-13/h11,13H,2-10H2,1H3. The molecule has 2 saturated heterocycles. The molecule has 2 aliphatic heterocycles. The van der Waals surface area contributed by atoms with Gasteiger partial charge in [0.25, 0.3) is 0 Å². The van der Waals surface area contributed by atoms with Crippen LogP contribution >= 0.6 is 23.1 Å². The first-order valence-corrected chi connectivity index (χ1v) is 9.30. The van der Waals surface area contributed by atoms with Crippen LogP contribution in [0.4, 0.5) is 0 Å². The number of nitrogens with zero attached hydrogens (tertiary/aromatic N) is 3. The normalized spacial score (nSPS) is 23.8. The highest BCUT2D eigenvalue weighted by Gasteiger charge is 2.25. The third kappa shape index (κ3) is 3.72. The van der Waals surface area contributed by atoms with Crippen LogP contribution in [0.3, 0.4) is 0 Å². The molecule has 3 heterocycles. The third-order valence-electron chi connectivity index (χ3n) is 4.14. The Kier molecular flexibility index (Phi) is 4.79. The fraction of sp³-hybridized carbons (Fsp3) is 0.786. The lowest BCUT2D eigenvalue weighted by Gasteiger charge is -2.40. The molecule has 3 rings (SSSR count). The highest BCUT2D eigenvalue weighted by Crippen LogP contribution is 2.23. The summed E-state index contributed by atoms with van der Waals surface area (Å²) in [7, 11) is 0. The molecule has 19 heavy (non-hydrogen) atoms. The fourth-order valence-electron chi connectivity index (χ4n) is 3.00. The van der Waals surface area contributed by atoms with Gasteiger partial charge in [-0.3, -0.25) is 9.80 Å². The van der Waals surface area contributed by atoms with Crippen LogP contribution in [0.2, 0.25) is 0 Å². The van der Waals surface area contributed by atoms with Crippen LogP contribution in [0.15, 0.2) is 5.38 Å². The fourth-order valence-corrected chi connectivity index (χ4v) is 4.90. The van der Waals surface area contributed by atoms with E-state index in [0.29, 0.717) is 0 Å². The lowest BCUT2D eigenvalue weighted by molar-refractivity contribution is 0.0879. The van der Waals surface area contributed by atoms with Crippen molar-refractivity contribution >= 4 is 23.1 Å². The molecule has 2 aliphatic rings. The maximum Gasteiger partial charge on any atom is 0.107 e. The van der Waals surface area contributed by atoms with E-state index in [1.807, 2.05) is 0 Å². The maximum absolute atomic E-state index is 4.57. The van der Waals surface area contributed by atoms with Crippen LogP contribution in [-0.4, -0.2) is 58.5 Å². The summed E-state index contributed by atoms with van der Waals surface area (Å²) in [5.74, 6) is 2.73. The van der Waals surface area contributed by atoms with Crippen LogP contribution in [0.5, 0.6) is 0 Å². The van der Waals surface area contributed by atoms with E-state index in [9.17, 15) is 0 Å². The number of aromatic nitrogens is 1. The Morgan fingerprint density at radius 2 is 1.95 bits per heavy atom. The van der Waals surface area contributed by atoms with Crippen molar-refractivity contribution < 1.29 is 0 Å². The lowest BCUT2D eigenvalue weighted by Crippen LogP contribution is -2.50. The van der Waals surface area contributed by atoms with Gasteiger partial charge in [0.1, 0.15) is 5.01 Å². The summed E-state index contributed by atoms with van der Waals surface area (Å²) in [6, 6.07) is 0.866. The zero-order chi connectivity index (χ0) is 13.1. The van der Waals surface area contributed by atoms with Crippen molar-refractivity contribution in [2.24, 2.45) is 0 Å². The second kappa shape index (κ2) is 6.57. The average molecular weight is 297 g/mol. The Hall–Kier alpha value is -0.100. The molecule has 0 atom stereocenters. The Morgan fingerprint density at radius 3 is 2.58 bits per heavy atom. The van der Waals surface area contributed by atoms with Crippen LogP contribution in [-0.2, 0) is 6.54 Å². The van der Waals surface area contributed by atoms with Crippen LogP contribution in [0.1, 0.15) is 23.5 Å². The summed E-state index contributed by atoms with van der Waals surface area (Å²) < 4.78 is 0.